The molecule has 1 fully saturated rings. The Bertz CT molecular complexity index is 1810. The number of hydrogen-bond donors (Lipinski definition) is 2. The van der Waals surface area contributed by atoms with Crippen LogP contribution in [-0.4, -0.2) is 44.1 Å². The first-order valence-corrected chi connectivity index (χ1v) is 18.3. The largest absolute Gasteiger partial charge is 0.494 e. The maximum Gasteiger partial charge on any atom is 0.308 e. The summed E-state index contributed by atoms with van der Waals surface area (Å²) in [6.07, 6.45) is 4.03. The monoisotopic (exact) mass is 676 g/mol. The molecule has 1 aliphatic carbocycles. The minimum absolute atomic E-state index is 0.0131. The van der Waals surface area contributed by atoms with Gasteiger partial charge in [-0.3, -0.25) is 9.52 Å². The second-order valence-electron chi connectivity index (χ2n) is 13.3. The molecule has 0 radical (unpaired) electrons. The molecule has 47 heavy (non-hydrogen) atoms. The molecule has 1 aliphatic rings. The number of thiazole rings is 1. The van der Waals surface area contributed by atoms with Gasteiger partial charge >= 0.3 is 5.97 Å². The molecule has 2 heterocycles. The number of nitrogens with zero attached hydrogens (tertiary/aromatic N) is 2. The molecule has 1 saturated carbocycles. The van der Waals surface area contributed by atoms with E-state index in [9.17, 15) is 13.2 Å². The number of rotatable bonds is 11. The Labute approximate surface area is 282 Å². The smallest absolute Gasteiger partial charge is 0.308 e. The summed E-state index contributed by atoms with van der Waals surface area (Å²) in [6.45, 7) is 11.2. The van der Waals surface area contributed by atoms with E-state index in [1.807, 2.05) is 56.3 Å². The lowest BCUT2D eigenvalue weighted by Gasteiger charge is -2.28. The van der Waals surface area contributed by atoms with Gasteiger partial charge in [0.05, 0.1) is 30.2 Å². The molecule has 0 spiro atoms. The van der Waals surface area contributed by atoms with E-state index in [1.54, 1.807) is 12.1 Å². The van der Waals surface area contributed by atoms with Crippen molar-refractivity contribution in [2.24, 2.45) is 11.3 Å². The Kier molecular flexibility index (Phi) is 10.6. The summed E-state index contributed by atoms with van der Waals surface area (Å²) in [5.74, 6) is 0.787. The van der Waals surface area contributed by atoms with Gasteiger partial charge in [0.2, 0.25) is 0 Å². The number of pyridine rings is 1. The fraction of sp³-hybridized carbons (Fsp3) is 0.417. The van der Waals surface area contributed by atoms with Crippen molar-refractivity contribution in [3.8, 4) is 27.4 Å². The van der Waals surface area contributed by atoms with Crippen LogP contribution in [0.1, 0.15) is 64.0 Å². The molecule has 2 N–H and O–H groups in total. The number of anilines is 2. The Morgan fingerprint density at radius 2 is 1.72 bits per heavy atom. The van der Waals surface area contributed by atoms with Gasteiger partial charge in [0.15, 0.2) is 10.2 Å². The highest BCUT2D eigenvalue weighted by Crippen LogP contribution is 2.42. The third-order valence-corrected chi connectivity index (χ3v) is 10.7. The van der Waals surface area contributed by atoms with E-state index in [4.69, 9.17) is 14.5 Å². The number of aromatic nitrogens is 2. The van der Waals surface area contributed by atoms with E-state index in [0.717, 1.165) is 58.6 Å². The van der Waals surface area contributed by atoms with Crippen LogP contribution in [0.3, 0.4) is 0 Å². The zero-order chi connectivity index (χ0) is 33.8. The number of sulfonamides is 1. The standard InChI is InChI=1S/C36H44N4O5S2/c1-23-11-7-12-24(2)31(23)32-33(25-13-9-16-28(22-25)45-20-19-36(3,4)5)46-35(39-32)40-47(42,43)30-18-10-17-29(38-30)37-27-15-8-14-26(21-27)34(41)44-6/h7,9-13,16-18,22,26-27H,8,14-15,19-21H2,1-6H3,(H,37,38)(H,39,40). The number of benzene rings is 2. The molecular formula is C36H44N4O5S2. The fourth-order valence-corrected chi connectivity index (χ4v) is 8.01. The molecule has 2 aromatic carbocycles. The summed E-state index contributed by atoms with van der Waals surface area (Å²) in [4.78, 5) is 22.2. The van der Waals surface area contributed by atoms with Crippen LogP contribution in [0.4, 0.5) is 10.9 Å². The molecule has 9 nitrogen and oxygen atoms in total. The van der Waals surface area contributed by atoms with Gasteiger partial charge in [0, 0.05) is 11.6 Å². The summed E-state index contributed by atoms with van der Waals surface area (Å²) in [5.41, 5.74) is 4.80. The summed E-state index contributed by atoms with van der Waals surface area (Å²) >= 11 is 1.28. The molecule has 2 atom stereocenters. The zero-order valence-electron chi connectivity index (χ0n) is 27.9. The van der Waals surface area contributed by atoms with Crippen LogP contribution in [0.5, 0.6) is 5.75 Å². The average molecular weight is 677 g/mol. The first kappa shape index (κ1) is 34.4. The van der Waals surface area contributed by atoms with Crippen molar-refractivity contribution in [2.45, 2.75) is 77.8 Å². The maximum absolute atomic E-state index is 13.7. The first-order chi connectivity index (χ1) is 22.3. The number of aryl methyl sites for hydroxylation is 2. The highest BCUT2D eigenvalue weighted by Gasteiger charge is 2.29. The van der Waals surface area contributed by atoms with Gasteiger partial charge in [-0.2, -0.15) is 8.42 Å². The zero-order valence-corrected chi connectivity index (χ0v) is 29.6. The number of methoxy groups -OCH3 is 1. The van der Waals surface area contributed by atoms with Crippen LogP contribution >= 0.6 is 11.3 Å². The lowest BCUT2D eigenvalue weighted by atomic mass is 9.86. The first-order valence-electron chi connectivity index (χ1n) is 16.0. The second kappa shape index (κ2) is 14.4. The van der Waals surface area contributed by atoms with Crippen molar-refractivity contribution < 1.29 is 22.7 Å². The van der Waals surface area contributed by atoms with Gasteiger partial charge < -0.3 is 14.8 Å². The normalized spacial score (nSPS) is 16.8. The van der Waals surface area contributed by atoms with Crippen molar-refractivity contribution >= 4 is 38.3 Å². The van der Waals surface area contributed by atoms with E-state index < -0.39 is 10.0 Å². The number of esters is 1. The summed E-state index contributed by atoms with van der Waals surface area (Å²) in [7, 11) is -2.68. The van der Waals surface area contributed by atoms with Crippen molar-refractivity contribution in [2.75, 3.05) is 23.8 Å². The van der Waals surface area contributed by atoms with Crippen LogP contribution in [-0.2, 0) is 19.6 Å². The van der Waals surface area contributed by atoms with E-state index in [-0.39, 0.29) is 33.5 Å². The van der Waals surface area contributed by atoms with Crippen molar-refractivity contribution in [1.29, 1.82) is 0 Å². The van der Waals surface area contributed by atoms with Crippen molar-refractivity contribution in [3.63, 3.8) is 0 Å². The number of hydrogen-bond acceptors (Lipinski definition) is 9. The van der Waals surface area contributed by atoms with E-state index in [1.165, 1.54) is 24.5 Å². The number of nitrogens with one attached hydrogen (secondary N) is 2. The summed E-state index contributed by atoms with van der Waals surface area (Å²) in [5, 5.41) is 3.44. The summed E-state index contributed by atoms with van der Waals surface area (Å²) in [6, 6.07) is 18.8. The Balaban J connectivity index is 1.43. The minimum Gasteiger partial charge on any atom is -0.494 e. The van der Waals surface area contributed by atoms with Gasteiger partial charge in [-0.05, 0) is 85.9 Å². The number of carbonyl (C=O) groups excluding carboxylic acids is 1. The van der Waals surface area contributed by atoms with Gasteiger partial charge in [-0.25, -0.2) is 9.97 Å². The van der Waals surface area contributed by atoms with Crippen LogP contribution in [0.25, 0.3) is 21.7 Å². The lowest BCUT2D eigenvalue weighted by molar-refractivity contribution is -0.146. The minimum atomic E-state index is -4.08. The SMILES string of the molecule is COC(=O)C1CCCC(Nc2cccc(S(=O)(=O)Nc3nc(-c4c(C)cccc4C)c(-c4cccc(OCCC(C)(C)C)c4)s3)n2)C1. The molecule has 0 amide bonds. The Morgan fingerprint density at radius 1 is 1.00 bits per heavy atom. The van der Waals surface area contributed by atoms with Crippen LogP contribution in [0.15, 0.2) is 65.7 Å². The van der Waals surface area contributed by atoms with E-state index >= 15 is 0 Å². The van der Waals surface area contributed by atoms with Crippen LogP contribution < -0.4 is 14.8 Å². The molecule has 0 aliphatic heterocycles. The van der Waals surface area contributed by atoms with Crippen LogP contribution in [0.2, 0.25) is 0 Å². The molecule has 0 saturated heterocycles. The maximum atomic E-state index is 13.7. The van der Waals surface area contributed by atoms with E-state index in [2.05, 4.69) is 35.8 Å². The molecular weight excluding hydrogens is 633 g/mol. The topological polar surface area (TPSA) is 120 Å². The Hall–Kier alpha value is -3.96. The highest BCUT2D eigenvalue weighted by molar-refractivity contribution is 7.92. The van der Waals surface area contributed by atoms with Crippen LogP contribution in [0, 0.1) is 25.2 Å². The Morgan fingerprint density at radius 3 is 2.45 bits per heavy atom. The molecule has 2 unspecified atom stereocenters. The molecule has 250 valence electrons. The second-order valence-corrected chi connectivity index (χ2v) is 16.0. The highest BCUT2D eigenvalue weighted by atomic mass is 32.2. The van der Waals surface area contributed by atoms with Gasteiger partial charge in [-0.1, -0.05) is 74.9 Å². The lowest BCUT2D eigenvalue weighted by Crippen LogP contribution is -2.32. The quantitative estimate of drug-likeness (QED) is 0.153. The molecule has 2 aromatic heterocycles. The molecule has 4 aromatic rings. The van der Waals surface area contributed by atoms with E-state index in [0.29, 0.717) is 24.5 Å². The predicted molar refractivity (Wildman–Crippen MR) is 188 cm³/mol. The van der Waals surface area contributed by atoms with Gasteiger partial charge in [-0.15, -0.1) is 0 Å². The average Bonchev–Trinajstić information content (AvgIpc) is 3.42. The molecule has 0 bridgehead atoms. The van der Waals surface area contributed by atoms with Crippen molar-refractivity contribution in [1.82, 2.24) is 9.97 Å². The van der Waals surface area contributed by atoms with Gasteiger partial charge in [0.1, 0.15) is 11.6 Å². The number of ether oxygens (including phenoxy) is 2. The fourth-order valence-electron chi connectivity index (χ4n) is 5.84. The predicted octanol–water partition coefficient (Wildman–Crippen LogP) is 8.25. The number of carbonyl (C=O) groups is 1. The van der Waals surface area contributed by atoms with Crippen molar-refractivity contribution in [3.05, 3.63) is 71.8 Å². The van der Waals surface area contributed by atoms with Gasteiger partial charge in [0.25, 0.3) is 10.0 Å². The molecule has 11 heteroatoms. The summed E-state index contributed by atoms with van der Waals surface area (Å²) < 4.78 is 41.1. The third kappa shape index (κ3) is 8.70. The molecule has 5 rings (SSSR count). The third-order valence-electron chi connectivity index (χ3n) is 8.34.